The van der Waals surface area contributed by atoms with Crippen LogP contribution in [-0.2, 0) is 11.3 Å². The smallest absolute Gasteiger partial charge is 0.355 e. The van der Waals surface area contributed by atoms with Gasteiger partial charge in [0.05, 0.1) is 6.54 Å². The van der Waals surface area contributed by atoms with Gasteiger partial charge in [0.1, 0.15) is 5.01 Å². The van der Waals surface area contributed by atoms with Gasteiger partial charge in [-0.1, -0.05) is 0 Å². The molecular weight excluding hydrogens is 254 g/mol. The number of carbonyl (C=O) groups excluding carboxylic acids is 1. The average Bonchev–Trinajstić information content (AvgIpc) is 2.73. The molecule has 0 unspecified atom stereocenters. The van der Waals surface area contributed by atoms with E-state index in [1.54, 1.807) is 0 Å². The van der Waals surface area contributed by atoms with Crippen LogP contribution in [0.1, 0.15) is 41.2 Å². The van der Waals surface area contributed by atoms with Gasteiger partial charge in [0.25, 0.3) is 0 Å². The molecule has 0 bridgehead atoms. The van der Waals surface area contributed by atoms with E-state index in [0.29, 0.717) is 11.4 Å². The lowest BCUT2D eigenvalue weighted by molar-refractivity contribution is -0.123. The van der Waals surface area contributed by atoms with Crippen molar-refractivity contribution >= 4 is 23.2 Å². The van der Waals surface area contributed by atoms with Crippen molar-refractivity contribution in [3.8, 4) is 0 Å². The number of nitrogens with one attached hydrogen (secondary N) is 1. The molecule has 0 spiro atoms. The number of aromatic nitrogens is 1. The van der Waals surface area contributed by atoms with Gasteiger partial charge in [-0.2, -0.15) is 0 Å². The first-order chi connectivity index (χ1) is 8.48. The highest BCUT2D eigenvalue weighted by Gasteiger charge is 2.34. The van der Waals surface area contributed by atoms with Crippen LogP contribution in [0.2, 0.25) is 0 Å². The lowest BCUT2D eigenvalue weighted by Crippen LogP contribution is -2.49. The number of amides is 1. The predicted octanol–water partition coefficient (Wildman–Crippen LogP) is 0.729. The number of carboxylic acids is 1. The van der Waals surface area contributed by atoms with Crippen LogP contribution in [0.5, 0.6) is 0 Å². The van der Waals surface area contributed by atoms with Crippen LogP contribution in [0.25, 0.3) is 0 Å². The van der Waals surface area contributed by atoms with Crippen molar-refractivity contribution in [3.05, 3.63) is 16.1 Å². The zero-order chi connectivity index (χ0) is 13.2. The predicted molar refractivity (Wildman–Crippen MR) is 66.3 cm³/mol. The molecule has 98 valence electrons. The van der Waals surface area contributed by atoms with Crippen LogP contribution in [0.4, 0.5) is 0 Å². The first kappa shape index (κ1) is 13.0. The van der Waals surface area contributed by atoms with Gasteiger partial charge < -0.3 is 16.2 Å². The van der Waals surface area contributed by atoms with Crippen LogP contribution in [0.15, 0.2) is 5.38 Å². The van der Waals surface area contributed by atoms with Crippen LogP contribution in [-0.4, -0.2) is 27.5 Å². The largest absolute Gasteiger partial charge is 0.476 e. The minimum absolute atomic E-state index is 0.0125. The van der Waals surface area contributed by atoms with Crippen LogP contribution in [0, 0.1) is 0 Å². The molecule has 1 aromatic rings. The third-order valence-corrected chi connectivity index (χ3v) is 3.92. The fourth-order valence-electron chi connectivity index (χ4n) is 1.85. The van der Waals surface area contributed by atoms with Crippen molar-refractivity contribution in [2.45, 2.75) is 37.8 Å². The lowest BCUT2D eigenvalue weighted by atomic mass is 9.75. The quantitative estimate of drug-likeness (QED) is 0.730. The number of nitrogens with two attached hydrogens (primary N) is 1. The number of carboxylic acid groups (broad SMARTS) is 1. The summed E-state index contributed by atoms with van der Waals surface area (Å²) in [5.74, 6) is -1.16. The van der Waals surface area contributed by atoms with Crippen molar-refractivity contribution in [1.29, 1.82) is 0 Å². The highest BCUT2D eigenvalue weighted by atomic mass is 32.1. The molecule has 0 aromatic carbocycles. The second-order valence-electron chi connectivity index (χ2n) is 4.60. The van der Waals surface area contributed by atoms with Crippen molar-refractivity contribution in [2.75, 3.05) is 0 Å². The van der Waals surface area contributed by atoms with E-state index < -0.39 is 5.97 Å². The number of nitrogens with zero attached hydrogens (tertiary/aromatic N) is 1. The van der Waals surface area contributed by atoms with E-state index in [-0.39, 0.29) is 23.7 Å². The Kier molecular flexibility index (Phi) is 3.63. The fourth-order valence-corrected chi connectivity index (χ4v) is 2.56. The Morgan fingerprint density at radius 1 is 1.56 bits per heavy atom. The number of hydrogen-bond acceptors (Lipinski definition) is 5. The summed E-state index contributed by atoms with van der Waals surface area (Å²) in [6.45, 7) is 0.257. The third-order valence-electron chi connectivity index (χ3n) is 3.07. The summed E-state index contributed by atoms with van der Waals surface area (Å²) in [4.78, 5) is 26.1. The van der Waals surface area contributed by atoms with Gasteiger partial charge in [0, 0.05) is 17.3 Å². The molecule has 1 aliphatic rings. The van der Waals surface area contributed by atoms with E-state index >= 15 is 0 Å². The van der Waals surface area contributed by atoms with Crippen LogP contribution < -0.4 is 11.1 Å². The summed E-state index contributed by atoms with van der Waals surface area (Å²) in [6, 6.07) is 0. The Labute approximate surface area is 108 Å². The second-order valence-corrected chi connectivity index (χ2v) is 5.54. The van der Waals surface area contributed by atoms with E-state index in [9.17, 15) is 9.59 Å². The summed E-state index contributed by atoms with van der Waals surface area (Å²) in [6.07, 6.45) is 3.18. The topological polar surface area (TPSA) is 105 Å². The van der Waals surface area contributed by atoms with Crippen molar-refractivity contribution in [1.82, 2.24) is 10.3 Å². The van der Waals surface area contributed by atoms with Crippen molar-refractivity contribution in [2.24, 2.45) is 5.73 Å². The molecule has 0 saturated heterocycles. The molecule has 1 aliphatic carbocycles. The third kappa shape index (κ3) is 3.05. The van der Waals surface area contributed by atoms with Gasteiger partial charge in [-0.3, -0.25) is 4.79 Å². The number of aromatic carboxylic acids is 1. The molecule has 1 aromatic heterocycles. The molecule has 18 heavy (non-hydrogen) atoms. The Bertz CT molecular complexity index is 468. The Morgan fingerprint density at radius 3 is 2.78 bits per heavy atom. The van der Waals surface area contributed by atoms with E-state index in [1.165, 1.54) is 16.7 Å². The fraction of sp³-hybridized carbons (Fsp3) is 0.545. The summed E-state index contributed by atoms with van der Waals surface area (Å²) in [7, 11) is 0. The van der Waals surface area contributed by atoms with Crippen molar-refractivity contribution < 1.29 is 14.7 Å². The molecular formula is C11H15N3O3S. The minimum atomic E-state index is -1.06. The molecule has 0 atom stereocenters. The molecule has 0 aliphatic heterocycles. The molecule has 1 amide bonds. The normalized spacial score (nSPS) is 16.9. The Balaban J connectivity index is 1.79. The maximum Gasteiger partial charge on any atom is 0.355 e. The van der Waals surface area contributed by atoms with Gasteiger partial charge in [0.15, 0.2) is 5.69 Å². The van der Waals surface area contributed by atoms with Gasteiger partial charge in [0.2, 0.25) is 5.91 Å². The van der Waals surface area contributed by atoms with E-state index in [0.717, 1.165) is 19.3 Å². The Morgan fingerprint density at radius 2 is 2.28 bits per heavy atom. The summed E-state index contributed by atoms with van der Waals surface area (Å²) < 4.78 is 0. The highest BCUT2D eigenvalue weighted by molar-refractivity contribution is 7.09. The number of thiazole rings is 1. The molecule has 4 N–H and O–H groups in total. The molecule has 2 rings (SSSR count). The molecule has 1 saturated carbocycles. The lowest BCUT2D eigenvalue weighted by Gasteiger charge is -2.37. The van der Waals surface area contributed by atoms with Gasteiger partial charge in [-0.15, -0.1) is 11.3 Å². The number of hydrogen-bond donors (Lipinski definition) is 3. The average molecular weight is 269 g/mol. The molecule has 0 radical (unpaired) electrons. The summed E-state index contributed by atoms with van der Waals surface area (Å²) >= 11 is 1.22. The monoisotopic (exact) mass is 269 g/mol. The van der Waals surface area contributed by atoms with Crippen LogP contribution >= 0.6 is 11.3 Å². The Hall–Kier alpha value is -1.47. The zero-order valence-corrected chi connectivity index (χ0v) is 10.6. The summed E-state index contributed by atoms with van der Waals surface area (Å²) in [5.41, 5.74) is 5.64. The minimum Gasteiger partial charge on any atom is -0.476 e. The first-order valence-electron chi connectivity index (χ1n) is 5.72. The van der Waals surface area contributed by atoms with E-state index in [4.69, 9.17) is 10.8 Å². The summed E-state index contributed by atoms with van der Waals surface area (Å²) in [5, 5.41) is 13.5. The van der Waals surface area contributed by atoms with Crippen molar-refractivity contribution in [3.63, 3.8) is 0 Å². The molecule has 1 fully saturated rings. The highest BCUT2D eigenvalue weighted by Crippen LogP contribution is 2.31. The molecule has 6 nitrogen and oxygen atoms in total. The maximum atomic E-state index is 11.6. The van der Waals surface area contributed by atoms with Gasteiger partial charge in [-0.25, -0.2) is 9.78 Å². The second kappa shape index (κ2) is 5.03. The van der Waals surface area contributed by atoms with Gasteiger partial charge >= 0.3 is 5.97 Å². The number of carbonyl (C=O) groups is 2. The molecule has 1 heterocycles. The SMILES string of the molecule is NC1(CC(=O)NCc2nc(C(=O)O)cs2)CCC1. The van der Waals surface area contributed by atoms with E-state index in [1.807, 2.05) is 0 Å². The van der Waals surface area contributed by atoms with Gasteiger partial charge in [-0.05, 0) is 19.3 Å². The first-order valence-corrected chi connectivity index (χ1v) is 6.60. The molecule has 7 heteroatoms. The maximum absolute atomic E-state index is 11.6. The van der Waals surface area contributed by atoms with E-state index in [2.05, 4.69) is 10.3 Å². The zero-order valence-electron chi connectivity index (χ0n) is 9.81. The number of rotatable bonds is 5. The van der Waals surface area contributed by atoms with Crippen LogP contribution in [0.3, 0.4) is 0 Å². The standard InChI is InChI=1S/C11H15N3O3S/c12-11(2-1-3-11)4-8(15)13-5-9-14-7(6-18-9)10(16)17/h6H,1-5,12H2,(H,13,15)(H,16,17).